The van der Waals surface area contributed by atoms with Crippen molar-refractivity contribution in [2.75, 3.05) is 6.54 Å². The Kier molecular flexibility index (Phi) is 6.24. The normalized spacial score (nSPS) is 22.1. The number of carboxylic acids is 1. The lowest BCUT2D eigenvalue weighted by Crippen LogP contribution is -2.30. The van der Waals surface area contributed by atoms with Crippen LogP contribution in [0.3, 0.4) is 0 Å². The molecule has 0 aromatic heterocycles. The van der Waals surface area contributed by atoms with E-state index in [1.807, 2.05) is 12.1 Å². The van der Waals surface area contributed by atoms with Crippen LogP contribution in [0.15, 0.2) is 24.3 Å². The second-order valence-corrected chi connectivity index (χ2v) is 6.23. The molecule has 2 rings (SSSR count). The molecule has 3 nitrogen and oxygen atoms in total. The van der Waals surface area contributed by atoms with Crippen LogP contribution < -0.4 is 5.32 Å². The summed E-state index contributed by atoms with van der Waals surface area (Å²) in [6, 6.07) is 7.22. The van der Waals surface area contributed by atoms with Crippen LogP contribution in [0.25, 0.3) is 0 Å². The summed E-state index contributed by atoms with van der Waals surface area (Å²) in [5.74, 6) is 0.815. The van der Waals surface area contributed by atoms with Crippen molar-refractivity contribution in [2.24, 2.45) is 11.8 Å². The van der Waals surface area contributed by atoms with Gasteiger partial charge in [-0.15, -0.1) is 0 Å². The number of nitrogens with one attached hydrogen (secondary N) is 1. The van der Waals surface area contributed by atoms with Gasteiger partial charge in [0.15, 0.2) is 0 Å². The zero-order valence-electron chi connectivity index (χ0n) is 13.0. The van der Waals surface area contributed by atoms with Gasteiger partial charge in [0.2, 0.25) is 0 Å². The molecule has 2 atom stereocenters. The van der Waals surface area contributed by atoms with E-state index in [9.17, 15) is 4.79 Å². The first kappa shape index (κ1) is 16.0. The largest absolute Gasteiger partial charge is 0.478 e. The fourth-order valence-electron chi connectivity index (χ4n) is 3.52. The van der Waals surface area contributed by atoms with Crippen LogP contribution in [0.1, 0.15) is 61.4 Å². The summed E-state index contributed by atoms with van der Waals surface area (Å²) in [7, 11) is 0. The van der Waals surface area contributed by atoms with Crippen LogP contribution in [0.5, 0.6) is 0 Å². The molecule has 2 N–H and O–H groups in total. The minimum absolute atomic E-state index is 0.371. The number of carboxylic acid groups (broad SMARTS) is 1. The van der Waals surface area contributed by atoms with Gasteiger partial charge in [0.25, 0.3) is 0 Å². The molecule has 1 saturated carbocycles. The molecule has 116 valence electrons. The van der Waals surface area contributed by atoms with Crippen molar-refractivity contribution in [1.82, 2.24) is 5.32 Å². The maximum atomic E-state index is 11.0. The van der Waals surface area contributed by atoms with Crippen molar-refractivity contribution in [1.29, 1.82) is 0 Å². The maximum Gasteiger partial charge on any atom is 0.335 e. The minimum atomic E-state index is -0.854. The summed E-state index contributed by atoms with van der Waals surface area (Å²) in [5.41, 5.74) is 1.42. The highest BCUT2D eigenvalue weighted by molar-refractivity contribution is 5.87. The predicted octanol–water partition coefficient (Wildman–Crippen LogP) is 4.08. The first-order valence-corrected chi connectivity index (χ1v) is 8.23. The zero-order chi connectivity index (χ0) is 15.1. The Bertz CT molecular complexity index is 456. The Hall–Kier alpha value is -1.35. The number of hydrogen-bond donors (Lipinski definition) is 2. The van der Waals surface area contributed by atoms with E-state index in [0.717, 1.165) is 30.5 Å². The highest BCUT2D eigenvalue weighted by Gasteiger charge is 2.23. The number of benzene rings is 1. The van der Waals surface area contributed by atoms with Crippen LogP contribution in [-0.2, 0) is 6.54 Å². The fraction of sp³-hybridized carbons (Fsp3) is 0.611. The summed E-state index contributed by atoms with van der Waals surface area (Å²) >= 11 is 0. The van der Waals surface area contributed by atoms with E-state index in [4.69, 9.17) is 5.11 Å². The van der Waals surface area contributed by atoms with Crippen molar-refractivity contribution >= 4 is 5.97 Å². The van der Waals surface area contributed by atoms with Crippen molar-refractivity contribution in [2.45, 2.75) is 52.0 Å². The third-order valence-electron chi connectivity index (χ3n) is 4.64. The predicted molar refractivity (Wildman–Crippen MR) is 85.5 cm³/mol. The van der Waals surface area contributed by atoms with E-state index in [1.165, 1.54) is 38.5 Å². The Labute approximate surface area is 127 Å². The van der Waals surface area contributed by atoms with Gasteiger partial charge in [0, 0.05) is 6.54 Å². The molecule has 0 bridgehead atoms. The molecule has 1 aromatic rings. The van der Waals surface area contributed by atoms with Crippen molar-refractivity contribution in [3.8, 4) is 0 Å². The molecule has 0 radical (unpaired) electrons. The molecule has 21 heavy (non-hydrogen) atoms. The van der Waals surface area contributed by atoms with E-state index in [-0.39, 0.29) is 0 Å². The quantitative estimate of drug-likeness (QED) is 0.795. The summed E-state index contributed by atoms with van der Waals surface area (Å²) in [4.78, 5) is 11.0. The van der Waals surface area contributed by atoms with Crippen molar-refractivity contribution < 1.29 is 9.90 Å². The van der Waals surface area contributed by atoms with Crippen LogP contribution >= 0.6 is 0 Å². The van der Waals surface area contributed by atoms with Gasteiger partial charge in [0.1, 0.15) is 0 Å². The smallest absolute Gasteiger partial charge is 0.335 e. The molecule has 1 aliphatic carbocycles. The molecule has 0 aliphatic heterocycles. The van der Waals surface area contributed by atoms with Gasteiger partial charge in [0.05, 0.1) is 5.56 Å². The van der Waals surface area contributed by atoms with E-state index in [2.05, 4.69) is 12.2 Å². The van der Waals surface area contributed by atoms with Crippen LogP contribution in [0, 0.1) is 11.8 Å². The van der Waals surface area contributed by atoms with Gasteiger partial charge in [-0.2, -0.15) is 0 Å². The standard InChI is InChI=1S/C18H27NO2/c1-2-6-15-8-3-4-9-17(15)13-19-12-14-7-5-10-16(11-14)18(20)21/h5,7,10-11,15,17,19H,2-4,6,8-9,12-13H2,1H3,(H,20,21). The van der Waals surface area contributed by atoms with E-state index < -0.39 is 5.97 Å². The topological polar surface area (TPSA) is 49.3 Å². The molecule has 0 saturated heterocycles. The summed E-state index contributed by atoms with van der Waals surface area (Å²) in [6.45, 7) is 4.09. The molecule has 2 unspecified atom stereocenters. The lowest BCUT2D eigenvalue weighted by molar-refractivity contribution is 0.0696. The number of carbonyl (C=O) groups is 1. The second-order valence-electron chi connectivity index (χ2n) is 6.23. The van der Waals surface area contributed by atoms with E-state index in [1.54, 1.807) is 12.1 Å². The van der Waals surface area contributed by atoms with E-state index >= 15 is 0 Å². The molecule has 0 amide bonds. The average molecular weight is 289 g/mol. The van der Waals surface area contributed by atoms with Gasteiger partial charge < -0.3 is 10.4 Å². The average Bonchev–Trinajstić information content (AvgIpc) is 2.49. The fourth-order valence-corrected chi connectivity index (χ4v) is 3.52. The first-order chi connectivity index (χ1) is 10.2. The maximum absolute atomic E-state index is 11.0. The van der Waals surface area contributed by atoms with E-state index in [0.29, 0.717) is 5.56 Å². The number of aromatic carboxylic acids is 1. The number of rotatable bonds is 7. The number of hydrogen-bond acceptors (Lipinski definition) is 2. The lowest BCUT2D eigenvalue weighted by Gasteiger charge is -2.31. The Balaban J connectivity index is 1.82. The highest BCUT2D eigenvalue weighted by atomic mass is 16.4. The summed E-state index contributed by atoms with van der Waals surface area (Å²) < 4.78 is 0. The molecular formula is C18H27NO2. The van der Waals surface area contributed by atoms with Crippen LogP contribution in [-0.4, -0.2) is 17.6 Å². The SMILES string of the molecule is CCCC1CCCCC1CNCc1cccc(C(=O)O)c1. The Morgan fingerprint density at radius 2 is 2.05 bits per heavy atom. The third-order valence-corrected chi connectivity index (χ3v) is 4.64. The lowest BCUT2D eigenvalue weighted by atomic mass is 9.77. The van der Waals surface area contributed by atoms with Crippen LogP contribution in [0.4, 0.5) is 0 Å². The molecule has 1 aromatic carbocycles. The molecule has 0 heterocycles. The van der Waals surface area contributed by atoms with Gasteiger partial charge in [-0.25, -0.2) is 4.79 Å². The molecule has 3 heteroatoms. The Morgan fingerprint density at radius 3 is 2.76 bits per heavy atom. The third kappa shape index (κ3) is 4.85. The van der Waals surface area contributed by atoms with Gasteiger partial charge >= 0.3 is 5.97 Å². The summed E-state index contributed by atoms with van der Waals surface area (Å²) in [5, 5.41) is 12.5. The molecule has 1 aliphatic rings. The van der Waals surface area contributed by atoms with Gasteiger partial charge in [-0.1, -0.05) is 51.2 Å². The second kappa shape index (κ2) is 8.18. The van der Waals surface area contributed by atoms with Crippen molar-refractivity contribution in [3.63, 3.8) is 0 Å². The minimum Gasteiger partial charge on any atom is -0.478 e. The monoisotopic (exact) mass is 289 g/mol. The summed E-state index contributed by atoms with van der Waals surface area (Å²) in [6.07, 6.45) is 8.10. The highest BCUT2D eigenvalue weighted by Crippen LogP contribution is 2.32. The van der Waals surface area contributed by atoms with Gasteiger partial charge in [-0.05, 0) is 42.5 Å². The molecule has 1 fully saturated rings. The van der Waals surface area contributed by atoms with Gasteiger partial charge in [-0.3, -0.25) is 0 Å². The Morgan fingerprint density at radius 1 is 1.29 bits per heavy atom. The van der Waals surface area contributed by atoms with Crippen molar-refractivity contribution in [3.05, 3.63) is 35.4 Å². The zero-order valence-corrected chi connectivity index (χ0v) is 13.0. The van der Waals surface area contributed by atoms with Crippen LogP contribution in [0.2, 0.25) is 0 Å². The molecule has 0 spiro atoms. The molecular weight excluding hydrogens is 262 g/mol. The first-order valence-electron chi connectivity index (χ1n) is 8.23.